The lowest BCUT2D eigenvalue weighted by atomic mass is 9.96. The van der Waals surface area contributed by atoms with E-state index in [1.807, 2.05) is 44.1 Å². The molecule has 5 rings (SSSR count). The molecule has 3 aromatic rings. The van der Waals surface area contributed by atoms with Crippen LogP contribution in [0.2, 0.25) is 0 Å². The Morgan fingerprint density at radius 1 is 1.27 bits per heavy atom. The van der Waals surface area contributed by atoms with Crippen molar-refractivity contribution in [1.82, 2.24) is 20.1 Å². The summed E-state index contributed by atoms with van der Waals surface area (Å²) >= 11 is 0. The van der Waals surface area contributed by atoms with Crippen LogP contribution < -0.4 is 10.2 Å². The number of piperidine rings is 1. The summed E-state index contributed by atoms with van der Waals surface area (Å²) in [6.45, 7) is 6.20. The summed E-state index contributed by atoms with van der Waals surface area (Å²) in [5.74, 6) is 0.267. The van der Waals surface area contributed by atoms with E-state index in [1.54, 1.807) is 10.7 Å². The lowest BCUT2D eigenvalue weighted by Crippen LogP contribution is -2.54. The molecular formula is C25H31F2N5O. The summed E-state index contributed by atoms with van der Waals surface area (Å²) in [5, 5.41) is 8.82. The van der Waals surface area contributed by atoms with E-state index < -0.39 is 6.17 Å². The average Bonchev–Trinajstić information content (AvgIpc) is 3.47. The van der Waals surface area contributed by atoms with Crippen LogP contribution in [0, 0.1) is 12.7 Å². The second-order valence-corrected chi connectivity index (χ2v) is 9.22. The van der Waals surface area contributed by atoms with Gasteiger partial charge in [-0.25, -0.2) is 13.8 Å². The SMILES string of the molecule is CCc1cc(F)c2nc(N3CC[C@@H](N[C@@H]4CCOC4)[C@@H](F)C3)c(-c3ccn(C)n3)c(C)c2c1. The van der Waals surface area contributed by atoms with Crippen molar-refractivity contribution < 1.29 is 13.5 Å². The number of halogens is 2. The van der Waals surface area contributed by atoms with Gasteiger partial charge in [0.15, 0.2) is 0 Å². The summed E-state index contributed by atoms with van der Waals surface area (Å²) in [6, 6.07) is 5.50. The van der Waals surface area contributed by atoms with Crippen molar-refractivity contribution in [3.63, 3.8) is 0 Å². The van der Waals surface area contributed by atoms with Crippen LogP contribution >= 0.6 is 0 Å². The Morgan fingerprint density at radius 2 is 2.12 bits per heavy atom. The molecule has 0 saturated carbocycles. The van der Waals surface area contributed by atoms with Gasteiger partial charge >= 0.3 is 0 Å². The first-order valence-electron chi connectivity index (χ1n) is 11.8. The highest BCUT2D eigenvalue weighted by atomic mass is 19.1. The largest absolute Gasteiger partial charge is 0.380 e. The standard InChI is InChI=1S/C25H31F2N5O/c1-4-16-11-18-15(2)23(22-5-8-31(3)30-22)25(29-24(18)19(26)12-16)32-9-6-21(20(27)13-32)28-17-7-10-33-14-17/h5,8,11-12,17,20-21,28H,4,6-7,9-10,13-14H2,1-3H3/t17-,20+,21-/m1/s1. The monoisotopic (exact) mass is 455 g/mol. The molecule has 0 unspecified atom stereocenters. The number of aromatic nitrogens is 3. The van der Waals surface area contributed by atoms with Crippen LogP contribution in [0.3, 0.4) is 0 Å². The third-order valence-corrected chi connectivity index (χ3v) is 6.94. The Labute approximate surface area is 192 Å². The minimum absolute atomic E-state index is 0.206. The molecule has 2 aliphatic rings. The number of nitrogens with one attached hydrogen (secondary N) is 1. The molecule has 1 N–H and O–H groups in total. The molecule has 2 fully saturated rings. The molecule has 1 aromatic carbocycles. The van der Waals surface area contributed by atoms with Crippen LogP contribution in [0.4, 0.5) is 14.6 Å². The number of alkyl halides is 1. The van der Waals surface area contributed by atoms with Crippen LogP contribution in [-0.4, -0.2) is 59.3 Å². The number of hydrogen-bond donors (Lipinski definition) is 1. The number of fused-ring (bicyclic) bond motifs is 1. The molecule has 2 aromatic heterocycles. The fraction of sp³-hybridized carbons (Fsp3) is 0.520. The van der Waals surface area contributed by atoms with Crippen molar-refractivity contribution in [2.24, 2.45) is 7.05 Å². The summed E-state index contributed by atoms with van der Waals surface area (Å²) in [5.41, 5.74) is 3.79. The molecule has 0 spiro atoms. The molecule has 0 amide bonds. The van der Waals surface area contributed by atoms with E-state index >= 15 is 8.78 Å². The van der Waals surface area contributed by atoms with Gasteiger partial charge < -0.3 is 15.0 Å². The topological polar surface area (TPSA) is 55.2 Å². The van der Waals surface area contributed by atoms with Gasteiger partial charge in [0, 0.05) is 49.4 Å². The lowest BCUT2D eigenvalue weighted by molar-refractivity contribution is 0.172. The number of benzene rings is 1. The first kappa shape index (κ1) is 22.2. The maximum absolute atomic E-state index is 15.3. The summed E-state index contributed by atoms with van der Waals surface area (Å²) in [4.78, 5) is 6.73. The predicted molar refractivity (Wildman–Crippen MR) is 126 cm³/mol. The molecule has 2 aliphatic heterocycles. The smallest absolute Gasteiger partial charge is 0.149 e. The third kappa shape index (κ3) is 4.22. The van der Waals surface area contributed by atoms with E-state index in [0.717, 1.165) is 47.2 Å². The number of rotatable bonds is 5. The summed E-state index contributed by atoms with van der Waals surface area (Å²) in [7, 11) is 1.86. The van der Waals surface area contributed by atoms with Crippen molar-refractivity contribution in [2.75, 3.05) is 31.2 Å². The summed E-state index contributed by atoms with van der Waals surface area (Å²) < 4.78 is 37.5. The highest BCUT2D eigenvalue weighted by Gasteiger charge is 2.34. The fourth-order valence-electron chi connectivity index (χ4n) is 5.06. The average molecular weight is 456 g/mol. The Balaban J connectivity index is 1.55. The van der Waals surface area contributed by atoms with Crippen LogP contribution in [-0.2, 0) is 18.2 Å². The number of pyridine rings is 1. The van der Waals surface area contributed by atoms with Gasteiger partial charge in [-0.15, -0.1) is 0 Å². The van der Waals surface area contributed by atoms with Crippen molar-refractivity contribution in [3.8, 4) is 11.3 Å². The number of anilines is 1. The van der Waals surface area contributed by atoms with E-state index in [9.17, 15) is 0 Å². The first-order chi connectivity index (χ1) is 15.9. The van der Waals surface area contributed by atoms with E-state index in [2.05, 4.69) is 10.4 Å². The molecular weight excluding hydrogens is 424 g/mol. The predicted octanol–water partition coefficient (Wildman–Crippen LogP) is 3.94. The number of hydrogen-bond acceptors (Lipinski definition) is 5. The van der Waals surface area contributed by atoms with Gasteiger partial charge in [-0.05, 0) is 55.5 Å². The minimum atomic E-state index is -1.05. The van der Waals surface area contributed by atoms with E-state index in [4.69, 9.17) is 9.72 Å². The Bertz CT molecular complexity index is 1160. The molecule has 3 atom stereocenters. The van der Waals surface area contributed by atoms with Crippen LogP contribution in [0.5, 0.6) is 0 Å². The molecule has 0 radical (unpaired) electrons. The molecule has 0 aliphatic carbocycles. The van der Waals surface area contributed by atoms with Crippen LogP contribution in [0.1, 0.15) is 30.9 Å². The maximum atomic E-state index is 15.3. The van der Waals surface area contributed by atoms with Gasteiger partial charge in [0.25, 0.3) is 0 Å². The maximum Gasteiger partial charge on any atom is 0.149 e. The number of aryl methyl sites for hydroxylation is 3. The van der Waals surface area contributed by atoms with Gasteiger partial charge in [-0.2, -0.15) is 5.10 Å². The van der Waals surface area contributed by atoms with Crippen molar-refractivity contribution in [2.45, 2.75) is 51.4 Å². The molecule has 2 saturated heterocycles. The second kappa shape index (κ2) is 8.99. The fourth-order valence-corrected chi connectivity index (χ4v) is 5.06. The van der Waals surface area contributed by atoms with E-state index in [0.29, 0.717) is 30.9 Å². The second-order valence-electron chi connectivity index (χ2n) is 9.22. The normalized spacial score (nSPS) is 23.5. The minimum Gasteiger partial charge on any atom is -0.380 e. The van der Waals surface area contributed by atoms with Gasteiger partial charge in [0.2, 0.25) is 0 Å². The van der Waals surface area contributed by atoms with Crippen molar-refractivity contribution >= 4 is 16.7 Å². The summed E-state index contributed by atoms with van der Waals surface area (Å²) in [6.07, 6.45) is 3.13. The first-order valence-corrected chi connectivity index (χ1v) is 11.8. The van der Waals surface area contributed by atoms with Crippen molar-refractivity contribution in [3.05, 3.63) is 41.3 Å². The third-order valence-electron chi connectivity index (χ3n) is 6.94. The molecule has 0 bridgehead atoms. The number of nitrogens with zero attached hydrogens (tertiary/aromatic N) is 4. The Kier molecular flexibility index (Phi) is 6.05. The quantitative estimate of drug-likeness (QED) is 0.632. The van der Waals surface area contributed by atoms with Gasteiger partial charge in [-0.3, -0.25) is 4.68 Å². The Hall–Kier alpha value is -2.58. The zero-order chi connectivity index (χ0) is 23.1. The molecule has 33 heavy (non-hydrogen) atoms. The van der Waals surface area contributed by atoms with Gasteiger partial charge in [-0.1, -0.05) is 6.92 Å². The molecule has 176 valence electrons. The zero-order valence-corrected chi connectivity index (χ0v) is 19.4. The van der Waals surface area contributed by atoms with E-state index in [1.165, 1.54) is 0 Å². The van der Waals surface area contributed by atoms with Crippen molar-refractivity contribution in [1.29, 1.82) is 0 Å². The highest BCUT2D eigenvalue weighted by Crippen LogP contribution is 2.38. The molecule has 4 heterocycles. The van der Waals surface area contributed by atoms with Crippen LogP contribution in [0.15, 0.2) is 24.4 Å². The van der Waals surface area contributed by atoms with Crippen LogP contribution in [0.25, 0.3) is 22.2 Å². The molecule has 8 heteroatoms. The number of ether oxygens (including phenoxy) is 1. The highest BCUT2D eigenvalue weighted by molar-refractivity contribution is 5.94. The van der Waals surface area contributed by atoms with Gasteiger partial charge in [0.1, 0.15) is 23.3 Å². The van der Waals surface area contributed by atoms with Gasteiger partial charge in [0.05, 0.1) is 18.8 Å². The van der Waals surface area contributed by atoms with E-state index in [-0.39, 0.29) is 24.4 Å². The lowest BCUT2D eigenvalue weighted by Gasteiger charge is -2.38. The Morgan fingerprint density at radius 3 is 2.79 bits per heavy atom. The zero-order valence-electron chi connectivity index (χ0n) is 19.4. The molecule has 6 nitrogen and oxygen atoms in total.